The van der Waals surface area contributed by atoms with Gasteiger partial charge in [-0.05, 0) is 49.2 Å². The zero-order valence-electron chi connectivity index (χ0n) is 17.6. The normalized spacial score (nSPS) is 17.4. The van der Waals surface area contributed by atoms with Gasteiger partial charge >= 0.3 is 0 Å². The van der Waals surface area contributed by atoms with Crippen molar-refractivity contribution < 1.29 is 13.9 Å². The first-order valence-electron chi connectivity index (χ1n) is 10.4. The molecule has 0 saturated heterocycles. The Balaban J connectivity index is 1.64. The van der Waals surface area contributed by atoms with Crippen LogP contribution in [0.3, 0.4) is 0 Å². The predicted octanol–water partition coefficient (Wildman–Crippen LogP) is 4.82. The molecule has 1 aromatic heterocycles. The second-order valence-electron chi connectivity index (χ2n) is 7.25. The second kappa shape index (κ2) is 9.79. The smallest absolute Gasteiger partial charge is 0.240 e. The van der Waals surface area contributed by atoms with Crippen LogP contribution in [0.15, 0.2) is 47.6 Å². The number of hydrogen-bond donors (Lipinski definition) is 2. The first-order valence-corrected chi connectivity index (χ1v) is 11.6. The average molecular weight is 476 g/mol. The molecule has 32 heavy (non-hydrogen) atoms. The summed E-state index contributed by atoms with van der Waals surface area (Å²) in [6.45, 7) is 4.58. The lowest BCUT2D eigenvalue weighted by Gasteiger charge is -2.33. The molecule has 1 aliphatic heterocycles. The number of carbonyl (C=O) groups excluding carboxylic acids is 1. The number of anilines is 1. The van der Waals surface area contributed by atoms with E-state index in [0.29, 0.717) is 17.5 Å². The molecule has 4 rings (SSSR count). The maximum absolute atomic E-state index is 13.5. The Kier molecular flexibility index (Phi) is 6.86. The summed E-state index contributed by atoms with van der Waals surface area (Å²) < 4.78 is 20.9. The van der Waals surface area contributed by atoms with E-state index >= 15 is 0 Å². The van der Waals surface area contributed by atoms with Crippen molar-refractivity contribution in [1.29, 1.82) is 0 Å². The molecule has 0 aliphatic carbocycles. The quantitative estimate of drug-likeness (QED) is 0.510. The van der Waals surface area contributed by atoms with Crippen molar-refractivity contribution in [2.75, 3.05) is 17.3 Å². The lowest BCUT2D eigenvalue weighted by atomic mass is 10.0. The molecule has 0 radical (unpaired) electrons. The zero-order valence-corrected chi connectivity index (χ0v) is 19.2. The highest BCUT2D eigenvalue weighted by atomic mass is 35.5. The lowest BCUT2D eigenvalue weighted by Crippen LogP contribution is -2.41. The molecule has 2 N–H and O–H groups in total. The molecule has 0 saturated carbocycles. The Morgan fingerprint density at radius 2 is 2.03 bits per heavy atom. The zero-order chi connectivity index (χ0) is 22.7. The van der Waals surface area contributed by atoms with Crippen LogP contribution in [-0.4, -0.2) is 32.6 Å². The van der Waals surface area contributed by atoms with Crippen LogP contribution in [-0.2, 0) is 11.2 Å². The molecule has 10 heteroatoms. The van der Waals surface area contributed by atoms with Crippen LogP contribution in [0.25, 0.3) is 0 Å². The van der Waals surface area contributed by atoms with E-state index in [1.807, 2.05) is 35.9 Å². The van der Waals surface area contributed by atoms with Crippen LogP contribution in [0.1, 0.15) is 37.7 Å². The van der Waals surface area contributed by atoms with Gasteiger partial charge in [0, 0.05) is 12.1 Å². The van der Waals surface area contributed by atoms with Gasteiger partial charge in [-0.15, -0.1) is 10.2 Å². The van der Waals surface area contributed by atoms with Crippen LogP contribution < -0.4 is 15.5 Å². The molecule has 0 fully saturated rings. The summed E-state index contributed by atoms with van der Waals surface area (Å²) in [5.74, 6) is 0.783. The van der Waals surface area contributed by atoms with Gasteiger partial charge in [0.05, 0.1) is 17.7 Å². The van der Waals surface area contributed by atoms with E-state index in [0.717, 1.165) is 30.0 Å². The summed E-state index contributed by atoms with van der Waals surface area (Å²) in [6, 6.07) is 11.4. The SMILES string of the molecule is CCCc1nnc2n1NC(c1ccc(OCC)cc1)C(C(=O)Nc1ccc(F)c(Cl)c1)S2. The maximum Gasteiger partial charge on any atom is 0.240 e. The number of thioether (sulfide) groups is 1. The second-order valence-corrected chi connectivity index (χ2v) is 8.77. The molecular weight excluding hydrogens is 453 g/mol. The maximum atomic E-state index is 13.5. The number of nitrogens with one attached hydrogen (secondary N) is 2. The highest BCUT2D eigenvalue weighted by molar-refractivity contribution is 8.00. The Bertz CT molecular complexity index is 1110. The Labute approximate surface area is 194 Å². The number of aromatic nitrogens is 3. The predicted molar refractivity (Wildman–Crippen MR) is 123 cm³/mol. The number of carbonyl (C=O) groups is 1. The number of rotatable bonds is 7. The van der Waals surface area contributed by atoms with Crippen LogP contribution in [0.4, 0.5) is 10.1 Å². The summed E-state index contributed by atoms with van der Waals surface area (Å²) in [5, 5.41) is 11.4. The van der Waals surface area contributed by atoms with Crippen LogP contribution >= 0.6 is 23.4 Å². The third-order valence-corrected chi connectivity index (χ3v) is 6.48. The van der Waals surface area contributed by atoms with Gasteiger partial charge in [0.1, 0.15) is 16.8 Å². The van der Waals surface area contributed by atoms with Crippen molar-refractivity contribution in [2.24, 2.45) is 0 Å². The van der Waals surface area contributed by atoms with E-state index in [-0.39, 0.29) is 17.0 Å². The largest absolute Gasteiger partial charge is 0.494 e. The topological polar surface area (TPSA) is 81.1 Å². The monoisotopic (exact) mass is 475 g/mol. The summed E-state index contributed by atoms with van der Waals surface area (Å²) in [6.07, 6.45) is 1.69. The summed E-state index contributed by atoms with van der Waals surface area (Å²) in [7, 11) is 0. The van der Waals surface area contributed by atoms with Crippen molar-refractivity contribution >= 4 is 35.0 Å². The molecule has 3 aromatic rings. The minimum atomic E-state index is -0.553. The van der Waals surface area contributed by atoms with Gasteiger partial charge in [0.25, 0.3) is 0 Å². The molecule has 2 unspecified atom stereocenters. The molecule has 2 aromatic carbocycles. The average Bonchev–Trinajstić information content (AvgIpc) is 3.18. The van der Waals surface area contributed by atoms with Gasteiger partial charge in [0.15, 0.2) is 5.82 Å². The number of halogens is 2. The van der Waals surface area contributed by atoms with Crippen molar-refractivity contribution in [3.05, 3.63) is 64.7 Å². The molecule has 168 valence electrons. The third kappa shape index (κ3) is 4.68. The lowest BCUT2D eigenvalue weighted by molar-refractivity contribution is -0.116. The van der Waals surface area contributed by atoms with E-state index < -0.39 is 11.1 Å². The van der Waals surface area contributed by atoms with E-state index in [4.69, 9.17) is 16.3 Å². The van der Waals surface area contributed by atoms with Crippen LogP contribution in [0, 0.1) is 5.82 Å². The summed E-state index contributed by atoms with van der Waals surface area (Å²) >= 11 is 7.20. The number of amides is 1. The molecule has 2 heterocycles. The van der Waals surface area contributed by atoms with Gasteiger partial charge in [-0.1, -0.05) is 42.4 Å². The number of nitrogens with zero attached hydrogens (tertiary/aromatic N) is 3. The molecular formula is C22H23ClFN5O2S. The highest BCUT2D eigenvalue weighted by Gasteiger charge is 2.37. The first-order chi connectivity index (χ1) is 15.5. The number of ether oxygens (including phenoxy) is 1. The number of hydrogen-bond acceptors (Lipinski definition) is 6. The van der Waals surface area contributed by atoms with E-state index in [2.05, 4.69) is 27.9 Å². The first kappa shape index (κ1) is 22.4. The van der Waals surface area contributed by atoms with Crippen molar-refractivity contribution in [1.82, 2.24) is 14.9 Å². The molecule has 2 atom stereocenters. The third-order valence-electron chi connectivity index (χ3n) is 4.97. The number of fused-ring (bicyclic) bond motifs is 1. The molecule has 1 aliphatic rings. The Hall–Kier alpha value is -2.78. The van der Waals surface area contributed by atoms with Crippen molar-refractivity contribution in [3.8, 4) is 5.75 Å². The highest BCUT2D eigenvalue weighted by Crippen LogP contribution is 2.38. The fourth-order valence-corrected chi connectivity index (χ4v) is 4.74. The van der Waals surface area contributed by atoms with E-state index in [1.165, 1.54) is 30.0 Å². The number of benzene rings is 2. The van der Waals surface area contributed by atoms with E-state index in [1.54, 1.807) is 0 Å². The molecule has 0 spiro atoms. The minimum absolute atomic E-state index is 0.0516. The Morgan fingerprint density at radius 1 is 1.25 bits per heavy atom. The minimum Gasteiger partial charge on any atom is -0.494 e. The molecule has 0 bridgehead atoms. The number of aryl methyl sites for hydroxylation is 1. The fraction of sp³-hybridized carbons (Fsp3) is 0.318. The van der Waals surface area contributed by atoms with Gasteiger partial charge in [0.2, 0.25) is 11.1 Å². The fourth-order valence-electron chi connectivity index (χ4n) is 3.46. The van der Waals surface area contributed by atoms with Gasteiger partial charge in [-0.25, -0.2) is 9.07 Å². The van der Waals surface area contributed by atoms with Crippen molar-refractivity contribution in [3.63, 3.8) is 0 Å². The van der Waals surface area contributed by atoms with Crippen LogP contribution in [0.5, 0.6) is 5.75 Å². The van der Waals surface area contributed by atoms with Crippen molar-refractivity contribution in [2.45, 2.75) is 43.1 Å². The van der Waals surface area contributed by atoms with Crippen LogP contribution in [0.2, 0.25) is 5.02 Å². The van der Waals surface area contributed by atoms with E-state index in [9.17, 15) is 9.18 Å². The van der Waals surface area contributed by atoms with Gasteiger partial charge in [-0.2, -0.15) is 0 Å². The van der Waals surface area contributed by atoms with Gasteiger partial charge in [-0.3, -0.25) is 4.79 Å². The summed E-state index contributed by atoms with van der Waals surface area (Å²) in [5.41, 5.74) is 4.76. The standard InChI is InChI=1S/C22H23ClFN5O2S/c1-3-5-18-26-27-22-29(18)28-19(13-6-9-15(10-7-13)31-4-2)20(32-22)21(30)25-14-8-11-17(24)16(23)12-14/h6-12,19-20,28H,3-5H2,1-2H3,(H,25,30). The molecule has 1 amide bonds. The summed E-state index contributed by atoms with van der Waals surface area (Å²) in [4.78, 5) is 13.3. The van der Waals surface area contributed by atoms with Gasteiger partial charge < -0.3 is 15.5 Å². The molecule has 7 nitrogen and oxygen atoms in total. The Morgan fingerprint density at radius 3 is 2.72 bits per heavy atom.